The SMILES string of the molecule is COc1ncccc1-c1nnc(CCN)o1. The fourth-order valence-corrected chi connectivity index (χ4v) is 1.30. The zero-order chi connectivity index (χ0) is 11.4. The van der Waals surface area contributed by atoms with Gasteiger partial charge in [-0.3, -0.25) is 0 Å². The van der Waals surface area contributed by atoms with Crippen molar-refractivity contribution in [1.29, 1.82) is 0 Å². The molecule has 0 aliphatic heterocycles. The van der Waals surface area contributed by atoms with Gasteiger partial charge in [-0.05, 0) is 12.1 Å². The number of ether oxygens (including phenoxy) is 1. The Labute approximate surface area is 92.5 Å². The van der Waals surface area contributed by atoms with Crippen molar-refractivity contribution in [2.45, 2.75) is 6.42 Å². The first-order valence-electron chi connectivity index (χ1n) is 4.87. The second kappa shape index (κ2) is 4.71. The van der Waals surface area contributed by atoms with Crippen molar-refractivity contribution in [2.24, 2.45) is 5.73 Å². The molecule has 0 aromatic carbocycles. The van der Waals surface area contributed by atoms with Crippen LogP contribution in [0.4, 0.5) is 0 Å². The third-order valence-electron chi connectivity index (χ3n) is 2.02. The normalized spacial score (nSPS) is 10.4. The maximum atomic E-state index is 5.43. The number of hydrogen-bond acceptors (Lipinski definition) is 6. The molecule has 0 bridgehead atoms. The Bertz CT molecular complexity index is 469. The summed E-state index contributed by atoms with van der Waals surface area (Å²) in [6, 6.07) is 3.59. The van der Waals surface area contributed by atoms with Crippen LogP contribution in [-0.4, -0.2) is 28.8 Å². The highest BCUT2D eigenvalue weighted by Gasteiger charge is 2.13. The van der Waals surface area contributed by atoms with Crippen molar-refractivity contribution in [3.05, 3.63) is 24.2 Å². The molecule has 0 aliphatic rings. The summed E-state index contributed by atoms with van der Waals surface area (Å²) in [6.07, 6.45) is 2.20. The first-order valence-corrected chi connectivity index (χ1v) is 4.87. The molecule has 0 atom stereocenters. The van der Waals surface area contributed by atoms with E-state index in [4.69, 9.17) is 14.9 Å². The quantitative estimate of drug-likeness (QED) is 0.813. The molecule has 0 radical (unpaired) electrons. The summed E-state index contributed by atoms with van der Waals surface area (Å²) >= 11 is 0. The lowest BCUT2D eigenvalue weighted by Gasteiger charge is -2.01. The topological polar surface area (TPSA) is 87.1 Å². The molecule has 0 amide bonds. The molecule has 0 saturated heterocycles. The third-order valence-corrected chi connectivity index (χ3v) is 2.02. The second-order valence-corrected chi connectivity index (χ2v) is 3.10. The Kier molecular flexibility index (Phi) is 3.11. The number of nitrogens with zero attached hydrogens (tertiary/aromatic N) is 3. The van der Waals surface area contributed by atoms with Crippen molar-refractivity contribution in [3.8, 4) is 17.3 Å². The molecular weight excluding hydrogens is 208 g/mol. The Morgan fingerprint density at radius 2 is 2.31 bits per heavy atom. The van der Waals surface area contributed by atoms with Crippen LogP contribution in [0.3, 0.4) is 0 Å². The van der Waals surface area contributed by atoms with Crippen LogP contribution in [0.15, 0.2) is 22.7 Å². The number of hydrogen-bond donors (Lipinski definition) is 1. The van der Waals surface area contributed by atoms with Gasteiger partial charge in [-0.15, -0.1) is 10.2 Å². The summed E-state index contributed by atoms with van der Waals surface area (Å²) in [6.45, 7) is 0.478. The number of pyridine rings is 1. The molecule has 2 aromatic heterocycles. The largest absolute Gasteiger partial charge is 0.480 e. The molecule has 2 N–H and O–H groups in total. The molecular formula is C10H12N4O2. The Morgan fingerprint density at radius 1 is 1.44 bits per heavy atom. The summed E-state index contributed by atoms with van der Waals surface area (Å²) in [5, 5.41) is 7.80. The predicted molar refractivity (Wildman–Crippen MR) is 56.8 cm³/mol. The fourth-order valence-electron chi connectivity index (χ4n) is 1.30. The molecule has 2 rings (SSSR count). The van der Waals surface area contributed by atoms with Crippen molar-refractivity contribution in [1.82, 2.24) is 15.2 Å². The first kappa shape index (κ1) is 10.6. The Balaban J connectivity index is 2.34. The van der Waals surface area contributed by atoms with Crippen LogP contribution in [0.25, 0.3) is 11.5 Å². The maximum Gasteiger partial charge on any atom is 0.253 e. The average molecular weight is 220 g/mol. The minimum absolute atomic E-state index is 0.397. The smallest absolute Gasteiger partial charge is 0.253 e. The van der Waals surface area contributed by atoms with Crippen LogP contribution in [0.1, 0.15) is 5.89 Å². The molecule has 16 heavy (non-hydrogen) atoms. The van der Waals surface area contributed by atoms with Gasteiger partial charge in [0.25, 0.3) is 5.89 Å². The average Bonchev–Trinajstić information content (AvgIpc) is 2.78. The van der Waals surface area contributed by atoms with Gasteiger partial charge in [0.05, 0.1) is 7.11 Å². The van der Waals surface area contributed by atoms with Crippen LogP contribution < -0.4 is 10.5 Å². The maximum absolute atomic E-state index is 5.43. The van der Waals surface area contributed by atoms with Crippen molar-refractivity contribution in [3.63, 3.8) is 0 Å². The lowest BCUT2D eigenvalue weighted by Crippen LogP contribution is -2.02. The predicted octanol–water partition coefficient (Wildman–Crippen LogP) is 0.641. The first-order chi connectivity index (χ1) is 7.85. The van der Waals surface area contributed by atoms with Crippen molar-refractivity contribution < 1.29 is 9.15 Å². The van der Waals surface area contributed by atoms with E-state index in [-0.39, 0.29) is 0 Å². The zero-order valence-electron chi connectivity index (χ0n) is 8.88. The van der Waals surface area contributed by atoms with Crippen molar-refractivity contribution in [2.75, 3.05) is 13.7 Å². The monoisotopic (exact) mass is 220 g/mol. The van der Waals surface area contributed by atoms with Gasteiger partial charge >= 0.3 is 0 Å². The van der Waals surface area contributed by atoms with Gasteiger partial charge in [-0.1, -0.05) is 0 Å². The molecule has 0 fully saturated rings. The Morgan fingerprint density at radius 3 is 3.06 bits per heavy atom. The van der Waals surface area contributed by atoms with Gasteiger partial charge in [0.2, 0.25) is 11.8 Å². The fraction of sp³-hybridized carbons (Fsp3) is 0.300. The molecule has 2 aromatic rings. The van der Waals surface area contributed by atoms with E-state index < -0.39 is 0 Å². The van der Waals surface area contributed by atoms with E-state index in [9.17, 15) is 0 Å². The van der Waals surface area contributed by atoms with Gasteiger partial charge in [0.1, 0.15) is 5.56 Å². The molecule has 84 valence electrons. The molecule has 6 heteroatoms. The minimum Gasteiger partial charge on any atom is -0.480 e. The summed E-state index contributed by atoms with van der Waals surface area (Å²) in [5.74, 6) is 1.38. The van der Waals surface area contributed by atoms with Gasteiger partial charge in [0.15, 0.2) is 0 Å². The van der Waals surface area contributed by atoms with Crippen LogP contribution in [0.5, 0.6) is 5.88 Å². The van der Waals surface area contributed by atoms with E-state index in [2.05, 4.69) is 15.2 Å². The number of rotatable bonds is 4. The number of nitrogens with two attached hydrogens (primary N) is 1. The van der Waals surface area contributed by atoms with Gasteiger partial charge < -0.3 is 14.9 Å². The van der Waals surface area contributed by atoms with Gasteiger partial charge in [-0.25, -0.2) is 4.98 Å². The molecule has 0 spiro atoms. The van der Waals surface area contributed by atoms with E-state index in [1.807, 2.05) is 6.07 Å². The highest BCUT2D eigenvalue weighted by molar-refractivity contribution is 5.59. The zero-order valence-corrected chi connectivity index (χ0v) is 8.88. The summed E-state index contributed by atoms with van der Waals surface area (Å²) in [4.78, 5) is 4.05. The molecule has 2 heterocycles. The molecule has 6 nitrogen and oxygen atoms in total. The lowest BCUT2D eigenvalue weighted by molar-refractivity contribution is 0.397. The molecule has 0 aliphatic carbocycles. The number of methoxy groups -OCH3 is 1. The van der Waals surface area contributed by atoms with Gasteiger partial charge in [-0.2, -0.15) is 0 Å². The standard InChI is InChI=1S/C10H12N4O2/c1-15-9-7(3-2-6-12-9)10-14-13-8(16-10)4-5-11/h2-3,6H,4-5,11H2,1H3. The van der Waals surface area contributed by atoms with Crippen LogP contribution >= 0.6 is 0 Å². The Hall–Kier alpha value is -1.95. The summed E-state index contributed by atoms with van der Waals surface area (Å²) in [5.41, 5.74) is 6.08. The van der Waals surface area contributed by atoms with Crippen LogP contribution in [0, 0.1) is 0 Å². The summed E-state index contributed by atoms with van der Waals surface area (Å²) in [7, 11) is 1.54. The van der Waals surface area contributed by atoms with Crippen LogP contribution in [-0.2, 0) is 6.42 Å². The highest BCUT2D eigenvalue weighted by Crippen LogP contribution is 2.25. The molecule has 0 saturated carbocycles. The highest BCUT2D eigenvalue weighted by atomic mass is 16.5. The van der Waals surface area contributed by atoms with E-state index in [1.165, 1.54) is 0 Å². The van der Waals surface area contributed by atoms with Crippen molar-refractivity contribution >= 4 is 0 Å². The van der Waals surface area contributed by atoms with E-state index in [0.29, 0.717) is 36.2 Å². The third kappa shape index (κ3) is 2.01. The van der Waals surface area contributed by atoms with E-state index in [0.717, 1.165) is 0 Å². The number of aromatic nitrogens is 3. The molecule has 0 unspecified atom stereocenters. The summed E-state index contributed by atoms with van der Waals surface area (Å²) < 4.78 is 10.5. The second-order valence-electron chi connectivity index (χ2n) is 3.10. The van der Waals surface area contributed by atoms with Crippen LogP contribution in [0.2, 0.25) is 0 Å². The lowest BCUT2D eigenvalue weighted by atomic mass is 10.3. The van der Waals surface area contributed by atoms with E-state index in [1.54, 1.807) is 19.4 Å². The van der Waals surface area contributed by atoms with Gasteiger partial charge in [0, 0.05) is 19.2 Å². The van der Waals surface area contributed by atoms with E-state index >= 15 is 0 Å². The minimum atomic E-state index is 0.397.